The van der Waals surface area contributed by atoms with Gasteiger partial charge in [-0.2, -0.15) is 0 Å². The van der Waals surface area contributed by atoms with Gasteiger partial charge in [-0.05, 0) is 76.8 Å². The van der Waals surface area contributed by atoms with Crippen LogP contribution in [-0.2, 0) is 34.0 Å². The van der Waals surface area contributed by atoms with Crippen LogP contribution in [0.1, 0.15) is 95.2 Å². The summed E-state index contributed by atoms with van der Waals surface area (Å²) in [4.78, 5) is 91.5. The predicted octanol–water partition coefficient (Wildman–Crippen LogP) is 2.65. The maximum atomic E-state index is 13.9. The van der Waals surface area contributed by atoms with Crippen molar-refractivity contribution in [2.45, 2.75) is 84.6 Å². The van der Waals surface area contributed by atoms with E-state index < -0.39 is 29.7 Å². The number of hydrogen-bond acceptors (Lipinski definition) is 13. The molecule has 0 saturated carbocycles. The third-order valence-corrected chi connectivity index (χ3v) is 10.9. The number of nitrogens with one attached hydrogen (secondary N) is 4. The monoisotopic (exact) mass is 804 g/mol. The molecule has 7 rings (SSSR count). The Labute approximate surface area is 341 Å². The summed E-state index contributed by atoms with van der Waals surface area (Å²) in [5.74, 6) is -0.746. The number of carbonyl (C=O) groups is 6. The number of nitrogens with zero attached hydrogens (tertiary/aromatic N) is 8. The third-order valence-electron chi connectivity index (χ3n) is 10.9. The van der Waals surface area contributed by atoms with Crippen LogP contribution in [0.2, 0.25) is 0 Å². The molecule has 308 valence electrons. The van der Waals surface area contributed by atoms with E-state index in [4.69, 9.17) is 9.97 Å². The smallest absolute Gasteiger partial charge is 0.264 e. The average Bonchev–Trinajstić information content (AvgIpc) is 3.91. The van der Waals surface area contributed by atoms with Gasteiger partial charge in [0.15, 0.2) is 5.82 Å². The lowest BCUT2D eigenvalue weighted by Crippen LogP contribution is -2.54. The molecule has 6 amide bonds. The highest BCUT2D eigenvalue weighted by Crippen LogP contribution is 2.34. The van der Waals surface area contributed by atoms with Crippen LogP contribution in [0, 0.1) is 0 Å². The number of hydrogen-bond donors (Lipinski definition) is 4. The Hall–Kier alpha value is -6.56. The van der Waals surface area contributed by atoms with Crippen molar-refractivity contribution in [3.8, 4) is 11.5 Å². The maximum Gasteiger partial charge on any atom is 0.264 e. The molecule has 1 saturated heterocycles. The molecule has 3 aliphatic rings. The van der Waals surface area contributed by atoms with E-state index in [2.05, 4.69) is 31.5 Å². The first-order valence-electron chi connectivity index (χ1n) is 19.9. The predicted molar refractivity (Wildman–Crippen MR) is 217 cm³/mol. The van der Waals surface area contributed by atoms with E-state index in [1.54, 1.807) is 35.5 Å². The molecule has 1 aromatic carbocycles. The molecule has 3 aromatic heterocycles. The first-order valence-corrected chi connectivity index (χ1v) is 19.9. The normalized spacial score (nSPS) is 16.2. The summed E-state index contributed by atoms with van der Waals surface area (Å²) in [6.07, 6.45) is 4.06. The molecule has 6 heterocycles. The second kappa shape index (κ2) is 17.5. The van der Waals surface area contributed by atoms with Gasteiger partial charge in [0.1, 0.15) is 29.7 Å². The van der Waals surface area contributed by atoms with E-state index in [-0.39, 0.29) is 61.5 Å². The number of unbranched alkanes of at least 4 members (excludes halogenated alkanes) is 2. The number of pyridine rings is 2. The van der Waals surface area contributed by atoms with E-state index in [1.165, 1.54) is 0 Å². The Kier molecular flexibility index (Phi) is 12.1. The van der Waals surface area contributed by atoms with E-state index in [9.17, 15) is 28.8 Å². The number of anilines is 3. The molecule has 0 radical (unpaired) electrons. The Morgan fingerprint density at radius 2 is 1.76 bits per heavy atom. The molecule has 1 atom stereocenters. The number of aryl methyl sites for hydroxylation is 1. The fourth-order valence-corrected chi connectivity index (χ4v) is 7.41. The average molecular weight is 805 g/mol. The van der Waals surface area contributed by atoms with Crippen molar-refractivity contribution >= 4 is 52.8 Å². The second-order valence-electron chi connectivity index (χ2n) is 15.0. The first kappa shape index (κ1) is 40.6. The zero-order valence-electron chi connectivity index (χ0n) is 33.6. The SMILES string of the molecule is CCn1cnnc1-c1cccc(N2Cc3c(cc(N(C)C(C)C)nc3CNCC(=O)NCCCCCNc3cccc4c3C(=O)N(C3CCC(=O)NC3=O)C4=O)C2=O)n1. The van der Waals surface area contributed by atoms with Crippen LogP contribution < -0.4 is 31.1 Å². The van der Waals surface area contributed by atoms with Crippen molar-refractivity contribution < 1.29 is 28.8 Å². The van der Waals surface area contributed by atoms with Crippen LogP contribution in [0.25, 0.3) is 11.5 Å². The summed E-state index contributed by atoms with van der Waals surface area (Å²) in [7, 11) is 1.93. The van der Waals surface area contributed by atoms with E-state index >= 15 is 0 Å². The summed E-state index contributed by atoms with van der Waals surface area (Å²) in [5, 5.41) is 19.9. The van der Waals surface area contributed by atoms with Gasteiger partial charge in [0.2, 0.25) is 17.7 Å². The second-order valence-corrected chi connectivity index (χ2v) is 15.0. The Bertz CT molecular complexity index is 2310. The van der Waals surface area contributed by atoms with Crippen LogP contribution >= 0.6 is 0 Å². The lowest BCUT2D eigenvalue weighted by molar-refractivity contribution is -0.136. The van der Waals surface area contributed by atoms with Crippen LogP contribution in [0.15, 0.2) is 48.8 Å². The molecule has 0 spiro atoms. The van der Waals surface area contributed by atoms with Crippen LogP contribution in [0.3, 0.4) is 0 Å². The maximum absolute atomic E-state index is 13.9. The lowest BCUT2D eigenvalue weighted by atomic mass is 10.0. The quantitative estimate of drug-likeness (QED) is 0.0893. The number of piperidine rings is 1. The van der Waals surface area contributed by atoms with Gasteiger partial charge in [0.05, 0.1) is 35.5 Å². The topological polar surface area (TPSA) is 217 Å². The molecule has 4 N–H and O–H groups in total. The molecule has 0 aliphatic carbocycles. The molecule has 18 heteroatoms. The highest BCUT2D eigenvalue weighted by molar-refractivity contribution is 6.25. The number of imide groups is 2. The zero-order chi connectivity index (χ0) is 41.8. The Morgan fingerprint density at radius 3 is 2.54 bits per heavy atom. The Morgan fingerprint density at radius 1 is 0.966 bits per heavy atom. The molecule has 4 aromatic rings. The third kappa shape index (κ3) is 8.39. The van der Waals surface area contributed by atoms with Gasteiger partial charge in [-0.25, -0.2) is 9.97 Å². The Balaban J connectivity index is 0.889. The number of aromatic nitrogens is 5. The minimum atomic E-state index is -1.02. The summed E-state index contributed by atoms with van der Waals surface area (Å²) in [6.45, 7) is 8.38. The number of amides is 6. The molecule has 18 nitrogen and oxygen atoms in total. The molecular weight excluding hydrogens is 757 g/mol. The van der Waals surface area contributed by atoms with E-state index in [0.717, 1.165) is 29.7 Å². The van der Waals surface area contributed by atoms with Gasteiger partial charge in [-0.15, -0.1) is 10.2 Å². The largest absolute Gasteiger partial charge is 0.384 e. The number of rotatable bonds is 17. The highest BCUT2D eigenvalue weighted by Gasteiger charge is 2.45. The first-order chi connectivity index (χ1) is 28.5. The lowest BCUT2D eigenvalue weighted by Gasteiger charge is -2.27. The fourth-order valence-electron chi connectivity index (χ4n) is 7.41. The zero-order valence-corrected chi connectivity index (χ0v) is 33.6. The summed E-state index contributed by atoms with van der Waals surface area (Å²) in [5.41, 5.74) is 3.58. The van der Waals surface area contributed by atoms with Crippen LogP contribution in [0.5, 0.6) is 0 Å². The van der Waals surface area contributed by atoms with Crippen molar-refractivity contribution in [3.05, 3.63) is 76.7 Å². The number of fused-ring (bicyclic) bond motifs is 2. The van der Waals surface area contributed by atoms with Crippen molar-refractivity contribution in [2.24, 2.45) is 0 Å². The summed E-state index contributed by atoms with van der Waals surface area (Å²) in [6, 6.07) is 11.4. The van der Waals surface area contributed by atoms with Gasteiger partial charge >= 0.3 is 0 Å². The summed E-state index contributed by atoms with van der Waals surface area (Å²) >= 11 is 0. The standard InChI is InChI=1S/C41H48N12O6/c1-5-51-23-45-49-37(51)29-13-10-14-32(46-29)52-22-27-26(39(52)57)19-33(50(4)24(2)3)47-30(27)20-42-21-35(55)44-18-8-6-7-17-43-28-12-9-11-25-36(28)41(59)53(40(25)58)31-15-16-34(54)48-38(31)56/h9-14,19,23-24,31,42-43H,5-8,15-18,20-22H2,1-4H3,(H,44,55)(H,48,54,56). The molecule has 1 fully saturated rings. The fraction of sp³-hybridized carbons (Fsp3) is 0.415. The minimum Gasteiger partial charge on any atom is -0.384 e. The van der Waals surface area contributed by atoms with Gasteiger partial charge in [-0.1, -0.05) is 12.1 Å². The summed E-state index contributed by atoms with van der Waals surface area (Å²) < 4.78 is 1.89. The molecule has 0 bridgehead atoms. The van der Waals surface area contributed by atoms with Crippen LogP contribution in [-0.4, -0.2) is 104 Å². The molecule has 1 unspecified atom stereocenters. The minimum absolute atomic E-state index is 0.0559. The number of carbonyl (C=O) groups excluding carboxylic acids is 6. The van der Waals surface area contributed by atoms with Crippen molar-refractivity contribution in [1.82, 2.24) is 45.6 Å². The van der Waals surface area contributed by atoms with Gasteiger partial charge in [0, 0.05) is 56.9 Å². The molecule has 3 aliphatic heterocycles. The van der Waals surface area contributed by atoms with E-state index in [0.29, 0.717) is 59.7 Å². The molecular formula is C41H48N12O6. The highest BCUT2D eigenvalue weighted by atomic mass is 16.2. The van der Waals surface area contributed by atoms with Crippen LogP contribution in [0.4, 0.5) is 17.3 Å². The van der Waals surface area contributed by atoms with Crippen molar-refractivity contribution in [1.29, 1.82) is 0 Å². The van der Waals surface area contributed by atoms with Gasteiger partial charge < -0.3 is 25.4 Å². The molecule has 59 heavy (non-hydrogen) atoms. The van der Waals surface area contributed by atoms with E-state index in [1.807, 2.05) is 55.5 Å². The van der Waals surface area contributed by atoms with Crippen molar-refractivity contribution in [3.63, 3.8) is 0 Å². The van der Waals surface area contributed by atoms with Gasteiger partial charge in [0.25, 0.3) is 17.7 Å². The number of benzene rings is 1. The van der Waals surface area contributed by atoms with Crippen molar-refractivity contribution in [2.75, 3.05) is 41.8 Å². The van der Waals surface area contributed by atoms with Gasteiger partial charge in [-0.3, -0.25) is 43.9 Å².